The van der Waals surface area contributed by atoms with E-state index >= 15 is 0 Å². The number of para-hydroxylation sites is 1. The summed E-state index contributed by atoms with van der Waals surface area (Å²) in [4.78, 5) is 29.8. The quantitative estimate of drug-likeness (QED) is 0.603. The Labute approximate surface area is 154 Å². The summed E-state index contributed by atoms with van der Waals surface area (Å²) in [5, 5.41) is 2.36. The van der Waals surface area contributed by atoms with Gasteiger partial charge in [-0.15, -0.1) is 0 Å². The Bertz CT molecular complexity index is 802. The molecule has 2 atom stereocenters. The van der Waals surface area contributed by atoms with Crippen molar-refractivity contribution < 1.29 is 22.8 Å². The number of anilines is 1. The lowest BCUT2D eigenvalue weighted by atomic mass is 9.90. The zero-order valence-corrected chi connectivity index (χ0v) is 15.2. The van der Waals surface area contributed by atoms with Gasteiger partial charge in [0.15, 0.2) is 0 Å². The minimum absolute atomic E-state index is 0.0662. The molecule has 0 radical (unpaired) electrons. The molecule has 1 heterocycles. The summed E-state index contributed by atoms with van der Waals surface area (Å²) in [7, 11) is 2.67. The van der Waals surface area contributed by atoms with Gasteiger partial charge < -0.3 is 16.0 Å². The van der Waals surface area contributed by atoms with E-state index in [4.69, 9.17) is 5.73 Å². The number of nitrogens with two attached hydrogens (primary N) is 1. The van der Waals surface area contributed by atoms with Crippen molar-refractivity contribution in [1.82, 2.24) is 4.90 Å². The van der Waals surface area contributed by atoms with Crippen molar-refractivity contribution in [2.24, 2.45) is 22.6 Å². The highest BCUT2D eigenvalue weighted by Gasteiger charge is 2.45. The summed E-state index contributed by atoms with van der Waals surface area (Å²) >= 11 is 0. The number of carbonyl (C=O) groups excluding carboxylic acids is 2. The second-order valence-corrected chi connectivity index (χ2v) is 6.41. The molecule has 0 aromatic heterocycles. The smallest absolute Gasteiger partial charge is 0.286 e. The van der Waals surface area contributed by atoms with Crippen LogP contribution in [0.3, 0.4) is 0 Å². The SMILES string of the molecule is CN=C(/C=C(\N)[C@H]1CN(C)C(=O)[C@@H]1C(=O)Nc1ccccc1F)C(C)(F)F. The summed E-state index contributed by atoms with van der Waals surface area (Å²) in [5.41, 5.74) is 5.23. The van der Waals surface area contributed by atoms with Crippen molar-refractivity contribution in [3.05, 3.63) is 41.9 Å². The average Bonchev–Trinajstić information content (AvgIpc) is 2.89. The molecule has 1 saturated heterocycles. The van der Waals surface area contributed by atoms with Crippen LogP contribution in [0.4, 0.5) is 18.9 Å². The highest BCUT2D eigenvalue weighted by atomic mass is 19.3. The van der Waals surface area contributed by atoms with Crippen LogP contribution >= 0.6 is 0 Å². The van der Waals surface area contributed by atoms with Gasteiger partial charge in [-0.05, 0) is 18.2 Å². The van der Waals surface area contributed by atoms with Gasteiger partial charge in [-0.1, -0.05) is 12.1 Å². The first kappa shape index (κ1) is 20.5. The molecule has 1 aromatic carbocycles. The number of rotatable bonds is 5. The first-order valence-electron chi connectivity index (χ1n) is 8.18. The van der Waals surface area contributed by atoms with Gasteiger partial charge in [0, 0.05) is 39.2 Å². The van der Waals surface area contributed by atoms with E-state index in [0.29, 0.717) is 6.92 Å². The lowest BCUT2D eigenvalue weighted by molar-refractivity contribution is -0.135. The molecule has 6 nitrogen and oxygen atoms in total. The summed E-state index contributed by atoms with van der Waals surface area (Å²) in [6.07, 6.45) is 0.987. The first-order valence-corrected chi connectivity index (χ1v) is 8.18. The Morgan fingerprint density at radius 3 is 2.59 bits per heavy atom. The fraction of sp³-hybridized carbons (Fsp3) is 0.389. The van der Waals surface area contributed by atoms with E-state index in [-0.39, 0.29) is 17.9 Å². The largest absolute Gasteiger partial charge is 0.402 e. The van der Waals surface area contributed by atoms with Crippen molar-refractivity contribution in [3.63, 3.8) is 0 Å². The molecule has 9 heteroatoms. The molecule has 1 aliphatic rings. The van der Waals surface area contributed by atoms with Crippen LogP contribution in [-0.2, 0) is 9.59 Å². The highest BCUT2D eigenvalue weighted by Crippen LogP contribution is 2.30. The van der Waals surface area contributed by atoms with Gasteiger partial charge in [-0.2, -0.15) is 8.78 Å². The van der Waals surface area contributed by atoms with Crippen molar-refractivity contribution in [2.75, 3.05) is 26.0 Å². The van der Waals surface area contributed by atoms with Crippen LogP contribution in [0.2, 0.25) is 0 Å². The number of allylic oxidation sites excluding steroid dienone is 1. The molecule has 1 fully saturated rings. The van der Waals surface area contributed by atoms with Gasteiger partial charge in [-0.25, -0.2) is 4.39 Å². The van der Waals surface area contributed by atoms with Gasteiger partial charge >= 0.3 is 0 Å². The van der Waals surface area contributed by atoms with Crippen LogP contribution < -0.4 is 11.1 Å². The lowest BCUT2D eigenvalue weighted by Gasteiger charge is -2.18. The lowest BCUT2D eigenvalue weighted by Crippen LogP contribution is -2.35. The van der Waals surface area contributed by atoms with Crippen molar-refractivity contribution in [3.8, 4) is 0 Å². The molecule has 1 aliphatic heterocycles. The molecule has 2 amide bonds. The Hall–Kier alpha value is -2.84. The minimum atomic E-state index is -3.22. The normalized spacial score (nSPS) is 21.6. The van der Waals surface area contributed by atoms with Gasteiger partial charge in [0.05, 0.1) is 5.69 Å². The fourth-order valence-electron chi connectivity index (χ4n) is 2.92. The van der Waals surface area contributed by atoms with E-state index < -0.39 is 41.1 Å². The summed E-state index contributed by atoms with van der Waals surface area (Å²) < 4.78 is 40.9. The topological polar surface area (TPSA) is 87.8 Å². The molecule has 0 unspecified atom stereocenters. The van der Waals surface area contributed by atoms with Crippen molar-refractivity contribution in [2.45, 2.75) is 12.8 Å². The fourth-order valence-corrected chi connectivity index (χ4v) is 2.92. The zero-order valence-electron chi connectivity index (χ0n) is 15.2. The van der Waals surface area contributed by atoms with Crippen LogP contribution in [0.15, 0.2) is 41.0 Å². The van der Waals surface area contributed by atoms with Crippen molar-refractivity contribution in [1.29, 1.82) is 0 Å². The van der Waals surface area contributed by atoms with Crippen LogP contribution in [0.25, 0.3) is 0 Å². The number of nitrogens with one attached hydrogen (secondary N) is 1. The second kappa shape index (κ2) is 7.81. The summed E-state index contributed by atoms with van der Waals surface area (Å²) in [6, 6.07) is 5.50. The molecule has 146 valence electrons. The van der Waals surface area contributed by atoms with E-state index in [0.717, 1.165) is 12.1 Å². The molecule has 0 spiro atoms. The molecule has 0 saturated carbocycles. The van der Waals surface area contributed by atoms with Crippen molar-refractivity contribution >= 4 is 23.2 Å². The maximum Gasteiger partial charge on any atom is 0.286 e. The first-order chi connectivity index (χ1) is 12.6. The number of hydrogen-bond donors (Lipinski definition) is 2. The number of hydrogen-bond acceptors (Lipinski definition) is 4. The maximum absolute atomic E-state index is 13.8. The van der Waals surface area contributed by atoms with Crippen LogP contribution in [0, 0.1) is 17.7 Å². The Balaban J connectivity index is 2.31. The Morgan fingerprint density at radius 1 is 1.41 bits per heavy atom. The number of carbonyl (C=O) groups is 2. The number of benzene rings is 1. The van der Waals surface area contributed by atoms with E-state index in [1.807, 2.05) is 0 Å². The molecular weight excluding hydrogens is 361 g/mol. The van der Waals surface area contributed by atoms with E-state index in [9.17, 15) is 22.8 Å². The number of alkyl halides is 2. The average molecular weight is 382 g/mol. The van der Waals surface area contributed by atoms with E-state index in [1.165, 1.54) is 37.2 Å². The zero-order chi connectivity index (χ0) is 20.4. The molecule has 1 aromatic rings. The molecular formula is C18H21F3N4O2. The minimum Gasteiger partial charge on any atom is -0.402 e. The number of nitrogens with zero attached hydrogens (tertiary/aromatic N) is 2. The van der Waals surface area contributed by atoms with Crippen LogP contribution in [-0.4, -0.2) is 49.0 Å². The maximum atomic E-state index is 13.8. The Morgan fingerprint density at radius 2 is 2.04 bits per heavy atom. The van der Waals surface area contributed by atoms with Crippen LogP contribution in [0.1, 0.15) is 6.92 Å². The third-order valence-electron chi connectivity index (χ3n) is 4.35. The number of halogens is 3. The van der Waals surface area contributed by atoms with Gasteiger partial charge in [0.25, 0.3) is 5.92 Å². The molecule has 3 N–H and O–H groups in total. The highest BCUT2D eigenvalue weighted by molar-refractivity contribution is 6.08. The molecule has 2 rings (SSSR count). The van der Waals surface area contributed by atoms with Crippen LogP contribution in [0.5, 0.6) is 0 Å². The molecule has 0 bridgehead atoms. The third kappa shape index (κ3) is 4.47. The molecule has 27 heavy (non-hydrogen) atoms. The monoisotopic (exact) mass is 382 g/mol. The summed E-state index contributed by atoms with van der Waals surface area (Å²) in [5.74, 6) is -7.25. The van der Waals surface area contributed by atoms with E-state index in [2.05, 4.69) is 10.3 Å². The number of amides is 2. The summed E-state index contributed by atoms with van der Waals surface area (Å²) in [6.45, 7) is 0.746. The molecule has 0 aliphatic carbocycles. The predicted octanol–water partition coefficient (Wildman–Crippen LogP) is 2.04. The standard InChI is InChI=1S/C18H21F3N4O2/c1-18(20,21)14(23-2)8-12(22)10-9-25(3)17(27)15(10)16(26)24-13-7-5-4-6-11(13)19/h4-8,10,15H,9,22H2,1-3H3,(H,24,26)/b12-8-,23-14?/t10-,15+/m1/s1. The van der Waals surface area contributed by atoms with Gasteiger partial charge in [-0.3, -0.25) is 14.6 Å². The third-order valence-corrected chi connectivity index (χ3v) is 4.35. The number of likely N-dealkylation sites (tertiary alicyclic amines) is 1. The van der Waals surface area contributed by atoms with Gasteiger partial charge in [0.1, 0.15) is 17.4 Å². The second-order valence-electron chi connectivity index (χ2n) is 6.41. The Kier molecular flexibility index (Phi) is 5.92. The van der Waals surface area contributed by atoms with E-state index in [1.54, 1.807) is 0 Å². The predicted molar refractivity (Wildman–Crippen MR) is 95.9 cm³/mol. The van der Waals surface area contributed by atoms with Gasteiger partial charge in [0.2, 0.25) is 11.8 Å². The number of aliphatic imine (C=N–C) groups is 1.